The first kappa shape index (κ1) is 14.2. The van der Waals surface area contributed by atoms with Crippen LogP contribution in [0.1, 0.15) is 6.92 Å². The second-order valence-electron chi connectivity index (χ2n) is 4.66. The van der Waals surface area contributed by atoms with E-state index in [2.05, 4.69) is 4.98 Å². The molecule has 0 spiro atoms. The van der Waals surface area contributed by atoms with Gasteiger partial charge in [-0.05, 0) is 13.0 Å². The minimum atomic E-state index is -0.853. The Hall–Kier alpha value is -2.22. The van der Waals surface area contributed by atoms with E-state index in [1.54, 1.807) is 13.0 Å². The van der Waals surface area contributed by atoms with E-state index in [1.165, 1.54) is 12.4 Å². The quantitative estimate of drug-likeness (QED) is 0.636. The Balaban J connectivity index is 2.08. The number of piperazine rings is 1. The average Bonchev–Trinajstić information content (AvgIpc) is 2.46. The number of nitro groups is 1. The summed E-state index contributed by atoms with van der Waals surface area (Å²) in [6.45, 7) is 3.89. The Morgan fingerprint density at radius 3 is 2.65 bits per heavy atom. The number of aromatic nitrogens is 1. The third-order valence-corrected chi connectivity index (χ3v) is 3.53. The van der Waals surface area contributed by atoms with Crippen molar-refractivity contribution in [2.75, 3.05) is 31.1 Å². The fourth-order valence-electron chi connectivity index (χ4n) is 2.29. The van der Waals surface area contributed by atoms with Gasteiger partial charge in [-0.2, -0.15) is 0 Å². The van der Waals surface area contributed by atoms with Crippen LogP contribution in [0.25, 0.3) is 0 Å². The van der Waals surface area contributed by atoms with Crippen molar-refractivity contribution < 1.29 is 14.8 Å². The van der Waals surface area contributed by atoms with Crippen LogP contribution in [-0.2, 0) is 4.79 Å². The summed E-state index contributed by atoms with van der Waals surface area (Å²) in [7, 11) is 0. The maximum absolute atomic E-state index is 11.0. The molecular formula is C12H16N4O4. The minimum absolute atomic E-state index is 0.0211. The van der Waals surface area contributed by atoms with Gasteiger partial charge in [-0.25, -0.2) is 0 Å². The van der Waals surface area contributed by atoms with E-state index in [-0.39, 0.29) is 5.69 Å². The zero-order chi connectivity index (χ0) is 14.7. The van der Waals surface area contributed by atoms with Crippen molar-refractivity contribution in [2.45, 2.75) is 13.0 Å². The number of carboxylic acids is 1. The molecule has 2 heterocycles. The predicted octanol–water partition coefficient (Wildman–Crippen LogP) is 0.585. The van der Waals surface area contributed by atoms with Gasteiger partial charge < -0.3 is 10.0 Å². The number of hydrogen-bond acceptors (Lipinski definition) is 6. The highest BCUT2D eigenvalue weighted by Crippen LogP contribution is 2.27. The van der Waals surface area contributed by atoms with Crippen molar-refractivity contribution in [1.82, 2.24) is 9.88 Å². The maximum Gasteiger partial charge on any atom is 0.320 e. The maximum atomic E-state index is 11.0. The molecule has 2 rings (SSSR count). The van der Waals surface area contributed by atoms with Crippen LogP contribution in [0.15, 0.2) is 18.5 Å². The number of aliphatic carboxylic acids is 1. The molecule has 8 heteroatoms. The summed E-state index contributed by atoms with van der Waals surface area (Å²) in [4.78, 5) is 29.0. The lowest BCUT2D eigenvalue weighted by Gasteiger charge is -2.37. The lowest BCUT2D eigenvalue weighted by atomic mass is 10.2. The summed E-state index contributed by atoms with van der Waals surface area (Å²) >= 11 is 0. The Kier molecular flexibility index (Phi) is 4.14. The van der Waals surface area contributed by atoms with Crippen LogP contribution in [-0.4, -0.2) is 58.1 Å². The van der Waals surface area contributed by atoms with E-state index >= 15 is 0 Å². The van der Waals surface area contributed by atoms with Crippen molar-refractivity contribution in [2.24, 2.45) is 0 Å². The first-order valence-corrected chi connectivity index (χ1v) is 6.31. The highest BCUT2D eigenvalue weighted by atomic mass is 16.6. The van der Waals surface area contributed by atoms with Crippen LogP contribution in [0.2, 0.25) is 0 Å². The van der Waals surface area contributed by atoms with Gasteiger partial charge in [0.1, 0.15) is 17.9 Å². The number of nitrogens with zero attached hydrogens (tertiary/aromatic N) is 4. The number of anilines is 1. The Morgan fingerprint density at radius 1 is 1.45 bits per heavy atom. The highest BCUT2D eigenvalue weighted by Gasteiger charge is 2.27. The fourth-order valence-corrected chi connectivity index (χ4v) is 2.29. The van der Waals surface area contributed by atoms with Gasteiger partial charge in [0, 0.05) is 32.4 Å². The topological polar surface area (TPSA) is 99.8 Å². The molecule has 108 valence electrons. The molecule has 0 amide bonds. The minimum Gasteiger partial charge on any atom is -0.480 e. The van der Waals surface area contributed by atoms with E-state index in [4.69, 9.17) is 5.11 Å². The number of carbonyl (C=O) groups is 1. The molecule has 1 atom stereocenters. The Bertz CT molecular complexity index is 514. The normalized spacial score (nSPS) is 17.8. The van der Waals surface area contributed by atoms with E-state index in [1.807, 2.05) is 9.80 Å². The second-order valence-corrected chi connectivity index (χ2v) is 4.66. The average molecular weight is 280 g/mol. The smallest absolute Gasteiger partial charge is 0.320 e. The molecule has 0 radical (unpaired) electrons. The van der Waals surface area contributed by atoms with Crippen molar-refractivity contribution in [3.63, 3.8) is 0 Å². The van der Waals surface area contributed by atoms with Crippen molar-refractivity contribution in [1.29, 1.82) is 0 Å². The van der Waals surface area contributed by atoms with E-state index in [0.717, 1.165) is 0 Å². The number of hydrogen-bond donors (Lipinski definition) is 1. The van der Waals surface area contributed by atoms with Crippen LogP contribution >= 0.6 is 0 Å². The first-order chi connectivity index (χ1) is 9.50. The molecule has 1 fully saturated rings. The molecule has 1 saturated heterocycles. The molecule has 1 N–H and O–H groups in total. The molecule has 1 aromatic heterocycles. The number of pyridine rings is 1. The van der Waals surface area contributed by atoms with Gasteiger partial charge in [-0.1, -0.05) is 0 Å². The lowest BCUT2D eigenvalue weighted by molar-refractivity contribution is -0.384. The number of rotatable bonds is 4. The van der Waals surface area contributed by atoms with E-state index < -0.39 is 16.9 Å². The Morgan fingerprint density at radius 2 is 2.10 bits per heavy atom. The molecule has 1 aliphatic rings. The van der Waals surface area contributed by atoms with Gasteiger partial charge in [-0.15, -0.1) is 0 Å². The molecule has 0 aromatic carbocycles. The fraction of sp³-hybridized carbons (Fsp3) is 0.500. The molecule has 0 saturated carbocycles. The predicted molar refractivity (Wildman–Crippen MR) is 71.8 cm³/mol. The van der Waals surface area contributed by atoms with Gasteiger partial charge in [0.2, 0.25) is 0 Å². The molecule has 1 aliphatic heterocycles. The summed E-state index contributed by atoms with van der Waals surface area (Å²) in [5, 5.41) is 20.0. The molecule has 20 heavy (non-hydrogen) atoms. The van der Waals surface area contributed by atoms with Crippen LogP contribution in [0.4, 0.5) is 11.4 Å². The molecule has 0 aliphatic carbocycles. The van der Waals surface area contributed by atoms with Crippen molar-refractivity contribution >= 4 is 17.3 Å². The SMILES string of the molecule is CC(C(=O)O)N1CCN(c2ccncc2[N+](=O)[O-])CC1. The molecule has 1 aromatic rings. The zero-order valence-corrected chi connectivity index (χ0v) is 11.1. The first-order valence-electron chi connectivity index (χ1n) is 6.31. The standard InChI is InChI=1S/C12H16N4O4/c1-9(12(17)18)14-4-6-15(7-5-14)10-2-3-13-8-11(10)16(19)20/h2-3,8-9H,4-7H2,1H3,(H,17,18). The van der Waals surface area contributed by atoms with Crippen molar-refractivity contribution in [3.8, 4) is 0 Å². The molecule has 0 bridgehead atoms. The number of carboxylic acid groups (broad SMARTS) is 1. The molecular weight excluding hydrogens is 264 g/mol. The summed E-state index contributed by atoms with van der Waals surface area (Å²) in [6.07, 6.45) is 2.76. The molecule has 1 unspecified atom stereocenters. The van der Waals surface area contributed by atoms with Gasteiger partial charge in [-0.3, -0.25) is 24.8 Å². The summed E-state index contributed by atoms with van der Waals surface area (Å²) in [5.41, 5.74) is 0.514. The van der Waals surface area contributed by atoms with Crippen LogP contribution in [0.3, 0.4) is 0 Å². The lowest BCUT2D eigenvalue weighted by Crippen LogP contribution is -2.51. The molecule has 8 nitrogen and oxygen atoms in total. The van der Waals surface area contributed by atoms with Gasteiger partial charge in [0.05, 0.1) is 4.92 Å². The third-order valence-electron chi connectivity index (χ3n) is 3.53. The summed E-state index contributed by atoms with van der Waals surface area (Å²) < 4.78 is 0. The van der Waals surface area contributed by atoms with Crippen LogP contribution in [0.5, 0.6) is 0 Å². The third kappa shape index (κ3) is 2.85. The zero-order valence-electron chi connectivity index (χ0n) is 11.1. The van der Waals surface area contributed by atoms with Gasteiger partial charge in [0.25, 0.3) is 0 Å². The summed E-state index contributed by atoms with van der Waals surface area (Å²) in [5.74, 6) is -0.853. The largest absolute Gasteiger partial charge is 0.480 e. The second kappa shape index (κ2) is 5.83. The van der Waals surface area contributed by atoms with Gasteiger partial charge in [0.15, 0.2) is 0 Å². The monoisotopic (exact) mass is 280 g/mol. The van der Waals surface area contributed by atoms with E-state index in [9.17, 15) is 14.9 Å². The van der Waals surface area contributed by atoms with E-state index in [0.29, 0.717) is 31.9 Å². The van der Waals surface area contributed by atoms with Gasteiger partial charge >= 0.3 is 11.7 Å². The van der Waals surface area contributed by atoms with Crippen LogP contribution < -0.4 is 4.90 Å². The van der Waals surface area contributed by atoms with Crippen molar-refractivity contribution in [3.05, 3.63) is 28.6 Å². The Labute approximate surface area is 115 Å². The highest BCUT2D eigenvalue weighted by molar-refractivity contribution is 5.73. The van der Waals surface area contributed by atoms with Crippen LogP contribution in [0, 0.1) is 10.1 Å². The summed E-state index contributed by atoms with van der Waals surface area (Å²) in [6, 6.07) is 1.08.